The number of halogens is 2. The van der Waals surface area contributed by atoms with Gasteiger partial charge >= 0.3 is 0 Å². The Bertz CT molecular complexity index is 635. The van der Waals surface area contributed by atoms with Crippen LogP contribution in [0, 0.1) is 0 Å². The van der Waals surface area contributed by atoms with Gasteiger partial charge < -0.3 is 4.74 Å². The van der Waals surface area contributed by atoms with E-state index in [2.05, 4.69) is 6.58 Å². The van der Waals surface area contributed by atoms with E-state index in [1.54, 1.807) is 12.1 Å². The van der Waals surface area contributed by atoms with E-state index < -0.39 is 0 Å². The molecule has 2 nitrogen and oxygen atoms in total. The highest BCUT2D eigenvalue weighted by Gasteiger charge is 2.15. The summed E-state index contributed by atoms with van der Waals surface area (Å²) in [5.41, 5.74) is 1.40. The number of thiophene rings is 1. The molecule has 1 aromatic carbocycles. The fourth-order valence-electron chi connectivity index (χ4n) is 1.72. The van der Waals surface area contributed by atoms with Crippen LogP contribution < -0.4 is 4.74 Å². The summed E-state index contributed by atoms with van der Waals surface area (Å²) >= 11 is 12.9. The second-order valence-electron chi connectivity index (χ2n) is 4.05. The summed E-state index contributed by atoms with van der Waals surface area (Å²) in [4.78, 5) is 12.0. The van der Waals surface area contributed by atoms with Crippen molar-refractivity contribution in [1.29, 1.82) is 0 Å². The van der Waals surface area contributed by atoms with Crippen molar-refractivity contribution in [2.75, 3.05) is 6.61 Å². The van der Waals surface area contributed by atoms with E-state index in [4.69, 9.17) is 27.9 Å². The van der Waals surface area contributed by atoms with Gasteiger partial charge in [-0.2, -0.15) is 0 Å². The minimum absolute atomic E-state index is 0.0685. The third kappa shape index (κ3) is 3.63. The molecular weight excluding hydrogens is 315 g/mol. The zero-order valence-electron chi connectivity index (χ0n) is 10.6. The Morgan fingerprint density at radius 1 is 1.35 bits per heavy atom. The predicted molar refractivity (Wildman–Crippen MR) is 84.5 cm³/mol. The average Bonchev–Trinajstić information content (AvgIpc) is 2.77. The third-order valence-corrected chi connectivity index (χ3v) is 4.14. The van der Waals surface area contributed by atoms with Crippen LogP contribution in [0.5, 0.6) is 5.75 Å². The lowest BCUT2D eigenvalue weighted by atomic mass is 10.1. The average molecular weight is 327 g/mol. The first-order valence-electron chi connectivity index (χ1n) is 5.91. The Balaban J connectivity index is 2.07. The van der Waals surface area contributed by atoms with E-state index in [0.717, 1.165) is 5.56 Å². The van der Waals surface area contributed by atoms with E-state index in [1.807, 2.05) is 24.3 Å². The molecule has 0 fully saturated rings. The maximum atomic E-state index is 12.0. The fraction of sp³-hybridized carbons (Fsp3) is 0.133. The number of hydrogen-bond acceptors (Lipinski definition) is 3. The first-order valence-corrected chi connectivity index (χ1v) is 7.48. The molecule has 20 heavy (non-hydrogen) atoms. The first kappa shape index (κ1) is 15.1. The van der Waals surface area contributed by atoms with E-state index in [9.17, 15) is 4.79 Å². The lowest BCUT2D eigenvalue weighted by Gasteiger charge is -2.09. The molecule has 1 aromatic heterocycles. The molecule has 104 valence electrons. The van der Waals surface area contributed by atoms with Crippen molar-refractivity contribution in [1.82, 2.24) is 0 Å². The van der Waals surface area contributed by atoms with Gasteiger partial charge in [-0.3, -0.25) is 4.79 Å². The van der Waals surface area contributed by atoms with E-state index in [0.29, 0.717) is 26.4 Å². The number of carbonyl (C=O) groups excluding carboxylic acids is 1. The molecule has 0 unspecified atom stereocenters. The predicted octanol–water partition coefficient (Wildman–Crippen LogP) is 5.05. The van der Waals surface area contributed by atoms with Crippen LogP contribution in [0.2, 0.25) is 8.67 Å². The second-order valence-corrected chi connectivity index (χ2v) is 6.34. The van der Waals surface area contributed by atoms with Gasteiger partial charge in [-0.1, -0.05) is 47.5 Å². The van der Waals surface area contributed by atoms with Crippen LogP contribution in [0.25, 0.3) is 0 Å². The lowest BCUT2D eigenvalue weighted by Crippen LogP contribution is -2.12. The molecule has 0 atom stereocenters. The van der Waals surface area contributed by atoms with Crippen LogP contribution in [0.4, 0.5) is 0 Å². The maximum Gasteiger partial charge on any atom is 0.202 e. The van der Waals surface area contributed by atoms with Crippen LogP contribution >= 0.6 is 34.5 Å². The second kappa shape index (κ2) is 6.93. The summed E-state index contributed by atoms with van der Waals surface area (Å²) in [5.74, 6) is 0.491. The van der Waals surface area contributed by atoms with E-state index >= 15 is 0 Å². The number of ketones is 1. The van der Waals surface area contributed by atoms with Gasteiger partial charge in [0.1, 0.15) is 10.1 Å². The van der Waals surface area contributed by atoms with Gasteiger partial charge in [0.15, 0.2) is 6.61 Å². The highest BCUT2D eigenvalue weighted by Crippen LogP contribution is 2.31. The topological polar surface area (TPSA) is 26.3 Å². The number of ether oxygens (including phenoxy) is 1. The summed E-state index contributed by atoms with van der Waals surface area (Å²) in [6.45, 7) is 3.63. The van der Waals surface area contributed by atoms with Crippen molar-refractivity contribution >= 4 is 40.3 Å². The monoisotopic (exact) mass is 326 g/mol. The Morgan fingerprint density at radius 2 is 2.10 bits per heavy atom. The molecule has 5 heteroatoms. The number of carbonyl (C=O) groups is 1. The number of benzene rings is 1. The van der Waals surface area contributed by atoms with Gasteiger partial charge in [0.25, 0.3) is 0 Å². The van der Waals surface area contributed by atoms with Gasteiger partial charge in [0.05, 0.1) is 9.90 Å². The molecule has 2 aromatic rings. The van der Waals surface area contributed by atoms with Gasteiger partial charge in [0.2, 0.25) is 5.78 Å². The van der Waals surface area contributed by atoms with Crippen molar-refractivity contribution in [3.05, 3.63) is 62.8 Å². The Morgan fingerprint density at radius 3 is 2.75 bits per heavy atom. The van der Waals surface area contributed by atoms with Gasteiger partial charge in [-0.15, -0.1) is 17.9 Å². The highest BCUT2D eigenvalue weighted by atomic mass is 35.5. The summed E-state index contributed by atoms with van der Waals surface area (Å²) in [6.07, 6.45) is 2.48. The number of Topliss-reactive ketones (excluding diaryl/α,β-unsaturated/α-hetero) is 1. The first-order chi connectivity index (χ1) is 9.61. The smallest absolute Gasteiger partial charge is 0.202 e. The summed E-state index contributed by atoms with van der Waals surface area (Å²) in [6, 6.07) is 9.12. The van der Waals surface area contributed by atoms with Crippen LogP contribution in [0.3, 0.4) is 0 Å². The molecule has 1 heterocycles. The molecule has 0 N–H and O–H groups in total. The Hall–Kier alpha value is -1.29. The molecule has 0 spiro atoms. The minimum atomic E-state index is -0.188. The van der Waals surface area contributed by atoms with Crippen molar-refractivity contribution in [3.8, 4) is 5.75 Å². The normalized spacial score (nSPS) is 10.3. The molecule has 0 saturated carbocycles. The molecule has 0 aliphatic rings. The molecule has 0 aliphatic heterocycles. The Kier molecular flexibility index (Phi) is 5.24. The zero-order valence-corrected chi connectivity index (χ0v) is 12.9. The van der Waals surface area contributed by atoms with Crippen molar-refractivity contribution < 1.29 is 9.53 Å². The summed E-state index contributed by atoms with van der Waals surface area (Å²) in [7, 11) is 0. The molecule has 0 amide bonds. The lowest BCUT2D eigenvalue weighted by molar-refractivity contribution is 0.0921. The molecule has 0 aliphatic carbocycles. The Labute approximate surface area is 131 Å². The van der Waals surface area contributed by atoms with Gasteiger partial charge in [-0.25, -0.2) is 0 Å². The van der Waals surface area contributed by atoms with Gasteiger partial charge in [-0.05, 0) is 24.1 Å². The number of rotatable bonds is 6. The van der Waals surface area contributed by atoms with Crippen LogP contribution in [-0.2, 0) is 6.42 Å². The maximum absolute atomic E-state index is 12.0. The van der Waals surface area contributed by atoms with Crippen LogP contribution in [0.15, 0.2) is 43.0 Å². The molecular formula is C15H12Cl2O2S. The standard InChI is InChI=1S/C15H12Cl2O2S/c1-2-5-10-6-3-4-7-13(10)19-9-12(18)11-8-14(16)20-15(11)17/h2-4,6-8H,1,5,9H2. The zero-order chi connectivity index (χ0) is 14.5. The molecule has 0 saturated heterocycles. The number of para-hydroxylation sites is 1. The molecule has 2 rings (SSSR count). The quantitative estimate of drug-likeness (QED) is 0.548. The minimum Gasteiger partial charge on any atom is -0.485 e. The van der Waals surface area contributed by atoms with Crippen molar-refractivity contribution in [3.63, 3.8) is 0 Å². The summed E-state index contributed by atoms with van der Waals surface area (Å²) < 4.78 is 6.46. The van der Waals surface area contributed by atoms with E-state index in [1.165, 1.54) is 11.3 Å². The van der Waals surface area contributed by atoms with Gasteiger partial charge in [0, 0.05) is 0 Å². The SMILES string of the molecule is C=CCc1ccccc1OCC(=O)c1cc(Cl)sc1Cl. The largest absolute Gasteiger partial charge is 0.485 e. The van der Waals surface area contributed by atoms with Crippen molar-refractivity contribution in [2.24, 2.45) is 0 Å². The van der Waals surface area contributed by atoms with Crippen LogP contribution in [-0.4, -0.2) is 12.4 Å². The summed E-state index contributed by atoms with van der Waals surface area (Å²) in [5, 5.41) is 0. The van der Waals surface area contributed by atoms with E-state index in [-0.39, 0.29) is 12.4 Å². The molecule has 0 bridgehead atoms. The van der Waals surface area contributed by atoms with Crippen molar-refractivity contribution in [2.45, 2.75) is 6.42 Å². The fourth-order valence-corrected chi connectivity index (χ4v) is 3.22. The highest BCUT2D eigenvalue weighted by molar-refractivity contribution is 7.20. The van der Waals surface area contributed by atoms with Crippen LogP contribution in [0.1, 0.15) is 15.9 Å². The molecule has 0 radical (unpaired) electrons. The number of allylic oxidation sites excluding steroid dienone is 1. The number of hydrogen-bond donors (Lipinski definition) is 0. The third-order valence-electron chi connectivity index (χ3n) is 2.65.